The Balaban J connectivity index is 1.56. The molecule has 1 aliphatic heterocycles. The highest BCUT2D eigenvalue weighted by atomic mass is 35.5. The molecule has 3 aromatic rings. The van der Waals surface area contributed by atoms with E-state index in [0.29, 0.717) is 16.5 Å². The van der Waals surface area contributed by atoms with Crippen LogP contribution >= 0.6 is 11.6 Å². The van der Waals surface area contributed by atoms with Gasteiger partial charge in [-0.2, -0.15) is 0 Å². The fourth-order valence-corrected chi connectivity index (χ4v) is 3.55. The van der Waals surface area contributed by atoms with E-state index in [-0.39, 0.29) is 18.4 Å². The van der Waals surface area contributed by atoms with Crippen LogP contribution in [0.1, 0.15) is 30.5 Å². The Hall–Kier alpha value is -2.90. The van der Waals surface area contributed by atoms with Gasteiger partial charge in [-0.05, 0) is 36.8 Å². The predicted molar refractivity (Wildman–Crippen MR) is 107 cm³/mol. The summed E-state index contributed by atoms with van der Waals surface area (Å²) in [5.74, 6) is -0.136. The maximum atomic E-state index is 13.0. The lowest BCUT2D eigenvalue weighted by Crippen LogP contribution is -2.53. The summed E-state index contributed by atoms with van der Waals surface area (Å²) in [7, 11) is 1.66. The Morgan fingerprint density at radius 3 is 2.69 bits per heavy atom. The first-order valence-corrected chi connectivity index (χ1v) is 9.60. The molecule has 7 nitrogen and oxygen atoms in total. The summed E-state index contributed by atoms with van der Waals surface area (Å²) < 4.78 is 11.4. The van der Waals surface area contributed by atoms with Gasteiger partial charge in [0, 0.05) is 12.1 Å². The standard InChI is InChI=1S/C21H20ClN3O4/c1-12(21-24-15-5-3-4-6-16(15)29-21)23-20(27)19-18(25(2)17(26)11-28-19)13-7-9-14(22)10-8-13/h3-10,12,18-19H,11H2,1-2H3,(H,23,27). The molecule has 1 fully saturated rings. The van der Waals surface area contributed by atoms with Gasteiger partial charge >= 0.3 is 0 Å². The van der Waals surface area contributed by atoms with Gasteiger partial charge in [-0.1, -0.05) is 35.9 Å². The van der Waals surface area contributed by atoms with Crippen LogP contribution in [0.3, 0.4) is 0 Å². The number of ether oxygens (including phenoxy) is 1. The van der Waals surface area contributed by atoms with Crippen molar-refractivity contribution in [2.45, 2.75) is 25.1 Å². The highest BCUT2D eigenvalue weighted by Gasteiger charge is 2.40. The first kappa shape index (κ1) is 19.4. The summed E-state index contributed by atoms with van der Waals surface area (Å²) in [6.07, 6.45) is -0.870. The summed E-state index contributed by atoms with van der Waals surface area (Å²) in [5.41, 5.74) is 2.14. The minimum Gasteiger partial charge on any atom is -0.438 e. The zero-order chi connectivity index (χ0) is 20.5. The lowest BCUT2D eigenvalue weighted by Gasteiger charge is -2.38. The third-order valence-electron chi connectivity index (χ3n) is 4.99. The molecule has 0 spiro atoms. The third-order valence-corrected chi connectivity index (χ3v) is 5.25. The van der Waals surface area contributed by atoms with Gasteiger partial charge in [0.15, 0.2) is 11.7 Å². The molecule has 4 rings (SSSR count). The molecule has 150 valence electrons. The molecule has 0 bridgehead atoms. The van der Waals surface area contributed by atoms with Crippen LogP contribution in [0.4, 0.5) is 0 Å². The van der Waals surface area contributed by atoms with Crippen molar-refractivity contribution in [1.29, 1.82) is 0 Å². The summed E-state index contributed by atoms with van der Waals surface area (Å²) in [5, 5.41) is 3.46. The van der Waals surface area contributed by atoms with Crippen molar-refractivity contribution in [1.82, 2.24) is 15.2 Å². The number of oxazole rings is 1. The number of hydrogen-bond acceptors (Lipinski definition) is 5. The van der Waals surface area contributed by atoms with Crippen molar-refractivity contribution in [2.24, 2.45) is 0 Å². The summed E-state index contributed by atoms with van der Waals surface area (Å²) in [4.78, 5) is 31.2. The fraction of sp³-hybridized carbons (Fsp3) is 0.286. The van der Waals surface area contributed by atoms with Crippen LogP contribution in [0.2, 0.25) is 5.02 Å². The van der Waals surface area contributed by atoms with E-state index in [9.17, 15) is 9.59 Å². The van der Waals surface area contributed by atoms with Gasteiger partial charge in [0.25, 0.3) is 5.91 Å². The number of likely N-dealkylation sites (N-methyl/N-ethyl adjacent to an activating group) is 1. The minimum absolute atomic E-state index is 0.157. The van der Waals surface area contributed by atoms with Gasteiger partial charge in [0.05, 0.1) is 6.04 Å². The smallest absolute Gasteiger partial charge is 0.252 e. The topological polar surface area (TPSA) is 84.7 Å². The SMILES string of the molecule is CC(NC(=O)C1OCC(=O)N(C)C1c1ccc(Cl)cc1)c1nc2ccccc2o1. The highest BCUT2D eigenvalue weighted by Crippen LogP contribution is 2.30. The van der Waals surface area contributed by atoms with Crippen LogP contribution in [0.5, 0.6) is 0 Å². The molecule has 29 heavy (non-hydrogen) atoms. The number of rotatable bonds is 4. The largest absolute Gasteiger partial charge is 0.438 e. The number of nitrogens with zero attached hydrogens (tertiary/aromatic N) is 2. The number of halogens is 1. The van der Waals surface area contributed by atoms with Crippen molar-refractivity contribution in [3.63, 3.8) is 0 Å². The number of carbonyl (C=O) groups excluding carboxylic acids is 2. The Labute approximate surface area is 172 Å². The molecule has 1 aliphatic rings. The Morgan fingerprint density at radius 2 is 1.97 bits per heavy atom. The van der Waals surface area contributed by atoms with Gasteiger partial charge in [-0.3, -0.25) is 9.59 Å². The zero-order valence-electron chi connectivity index (χ0n) is 16.0. The first-order chi connectivity index (χ1) is 13.9. The van der Waals surface area contributed by atoms with Gasteiger partial charge in [0.1, 0.15) is 18.2 Å². The van der Waals surface area contributed by atoms with E-state index in [4.69, 9.17) is 20.8 Å². The number of fused-ring (bicyclic) bond motifs is 1. The summed E-state index contributed by atoms with van der Waals surface area (Å²) in [6.45, 7) is 1.63. The van der Waals surface area contributed by atoms with Crippen LogP contribution in [0.15, 0.2) is 52.9 Å². The number of benzene rings is 2. The van der Waals surface area contributed by atoms with E-state index in [0.717, 1.165) is 11.1 Å². The molecule has 0 radical (unpaired) electrons. The van der Waals surface area contributed by atoms with Crippen molar-refractivity contribution >= 4 is 34.5 Å². The lowest BCUT2D eigenvalue weighted by molar-refractivity contribution is -0.162. The molecule has 2 aromatic carbocycles. The number of para-hydroxylation sites is 2. The first-order valence-electron chi connectivity index (χ1n) is 9.22. The number of hydrogen-bond donors (Lipinski definition) is 1. The van der Waals surface area contributed by atoms with Crippen LogP contribution in [-0.2, 0) is 14.3 Å². The van der Waals surface area contributed by atoms with E-state index < -0.39 is 18.2 Å². The van der Waals surface area contributed by atoms with Crippen LogP contribution in [0, 0.1) is 0 Å². The van der Waals surface area contributed by atoms with E-state index in [1.54, 1.807) is 38.2 Å². The minimum atomic E-state index is -0.870. The zero-order valence-corrected chi connectivity index (χ0v) is 16.7. The molecule has 3 unspecified atom stereocenters. The number of amides is 2. The molecule has 2 amide bonds. The van der Waals surface area contributed by atoms with E-state index in [2.05, 4.69) is 10.3 Å². The average Bonchev–Trinajstić information content (AvgIpc) is 3.15. The second-order valence-corrected chi connectivity index (χ2v) is 7.42. The molecule has 0 saturated carbocycles. The summed E-state index contributed by atoms with van der Waals surface area (Å²) >= 11 is 5.98. The third kappa shape index (κ3) is 3.83. The molecular weight excluding hydrogens is 394 g/mol. The molecule has 1 saturated heterocycles. The number of nitrogens with one attached hydrogen (secondary N) is 1. The van der Waals surface area contributed by atoms with Crippen LogP contribution in [0.25, 0.3) is 11.1 Å². The predicted octanol–water partition coefficient (Wildman–Crippen LogP) is 3.26. The highest BCUT2D eigenvalue weighted by molar-refractivity contribution is 6.30. The van der Waals surface area contributed by atoms with Crippen LogP contribution in [-0.4, -0.2) is 41.5 Å². The van der Waals surface area contributed by atoms with E-state index in [1.807, 2.05) is 24.3 Å². The maximum Gasteiger partial charge on any atom is 0.252 e. The molecule has 2 heterocycles. The van der Waals surface area contributed by atoms with Gasteiger partial charge in [-0.25, -0.2) is 4.98 Å². The second kappa shape index (κ2) is 7.85. The van der Waals surface area contributed by atoms with Crippen molar-refractivity contribution in [2.75, 3.05) is 13.7 Å². The normalized spacial score (nSPS) is 20.7. The molecule has 0 aliphatic carbocycles. The van der Waals surface area contributed by atoms with Crippen LogP contribution < -0.4 is 5.32 Å². The maximum absolute atomic E-state index is 13.0. The van der Waals surface area contributed by atoms with Gasteiger partial charge in [0.2, 0.25) is 11.8 Å². The van der Waals surface area contributed by atoms with Gasteiger partial charge in [-0.15, -0.1) is 0 Å². The average molecular weight is 414 g/mol. The lowest BCUT2D eigenvalue weighted by atomic mass is 9.97. The van der Waals surface area contributed by atoms with Crippen molar-refractivity contribution in [3.05, 3.63) is 65.0 Å². The summed E-state index contributed by atoms with van der Waals surface area (Å²) in [6, 6.07) is 13.4. The monoisotopic (exact) mass is 413 g/mol. The molecule has 8 heteroatoms. The van der Waals surface area contributed by atoms with Crippen molar-refractivity contribution < 1.29 is 18.7 Å². The molecule has 1 N–H and O–H groups in total. The molecular formula is C21H20ClN3O4. The molecule has 3 atom stereocenters. The Morgan fingerprint density at radius 1 is 1.24 bits per heavy atom. The number of morpholine rings is 1. The number of aromatic nitrogens is 1. The fourth-order valence-electron chi connectivity index (χ4n) is 3.42. The quantitative estimate of drug-likeness (QED) is 0.709. The van der Waals surface area contributed by atoms with E-state index >= 15 is 0 Å². The Bertz CT molecular complexity index is 1020. The number of carbonyl (C=O) groups is 2. The second-order valence-electron chi connectivity index (χ2n) is 6.98. The van der Waals surface area contributed by atoms with Crippen molar-refractivity contribution in [3.8, 4) is 0 Å². The van der Waals surface area contributed by atoms with Gasteiger partial charge < -0.3 is 19.4 Å². The molecule has 1 aromatic heterocycles. The van der Waals surface area contributed by atoms with E-state index in [1.165, 1.54) is 4.90 Å². The Kier molecular flexibility index (Phi) is 5.25.